The smallest absolute Gasteiger partial charge is 0.367 e. The van der Waals surface area contributed by atoms with Crippen molar-refractivity contribution in [2.24, 2.45) is 0 Å². The van der Waals surface area contributed by atoms with E-state index in [4.69, 9.17) is 27.9 Å². The molecule has 0 aliphatic carbocycles. The first-order chi connectivity index (χ1) is 7.89. The van der Waals surface area contributed by atoms with Crippen LogP contribution in [0, 0.1) is 6.10 Å². The Kier molecular flexibility index (Phi) is 3.57. The van der Waals surface area contributed by atoms with E-state index in [-0.39, 0.29) is 5.02 Å². The lowest BCUT2D eigenvalue weighted by atomic mass is 10.0. The van der Waals surface area contributed by atoms with Crippen molar-refractivity contribution in [3.05, 3.63) is 39.4 Å². The molecule has 1 aromatic rings. The second-order valence-electron chi connectivity index (χ2n) is 3.69. The molecule has 17 heavy (non-hydrogen) atoms. The van der Waals surface area contributed by atoms with Gasteiger partial charge in [-0.1, -0.05) is 23.2 Å². The van der Waals surface area contributed by atoms with Crippen LogP contribution in [0.5, 0.6) is 0 Å². The van der Waals surface area contributed by atoms with Gasteiger partial charge in [0.05, 0.1) is 15.6 Å². The molecule has 1 aliphatic rings. The molecule has 0 saturated carbocycles. The van der Waals surface area contributed by atoms with E-state index in [2.05, 4.69) is 0 Å². The molecule has 0 atom stereocenters. The van der Waals surface area contributed by atoms with Crippen LogP contribution in [0.1, 0.15) is 24.0 Å². The number of halogens is 5. The third-order valence-corrected chi connectivity index (χ3v) is 3.28. The third-order valence-electron chi connectivity index (χ3n) is 2.48. The Hall–Kier alpha value is -0.450. The Labute approximate surface area is 106 Å². The van der Waals surface area contributed by atoms with Crippen molar-refractivity contribution in [3.8, 4) is 0 Å². The first-order valence-corrected chi connectivity index (χ1v) is 5.70. The maximum absolute atomic E-state index is 12.7. The molecule has 0 unspecified atom stereocenters. The fraction of sp³-hybridized carbons (Fsp3) is 0.364. The van der Waals surface area contributed by atoms with Crippen LogP contribution < -0.4 is 0 Å². The van der Waals surface area contributed by atoms with Gasteiger partial charge in [0.1, 0.15) is 6.10 Å². The molecule has 1 aliphatic heterocycles. The highest BCUT2D eigenvalue weighted by atomic mass is 35.5. The van der Waals surface area contributed by atoms with E-state index in [1.54, 1.807) is 0 Å². The molecule has 0 aromatic heterocycles. The van der Waals surface area contributed by atoms with Gasteiger partial charge in [-0.15, -0.1) is 0 Å². The normalized spacial score (nSPS) is 17.7. The van der Waals surface area contributed by atoms with Crippen LogP contribution in [0.4, 0.5) is 13.2 Å². The van der Waals surface area contributed by atoms with Crippen molar-refractivity contribution < 1.29 is 17.9 Å². The van der Waals surface area contributed by atoms with E-state index >= 15 is 0 Å². The Morgan fingerprint density at radius 1 is 1.18 bits per heavy atom. The predicted molar refractivity (Wildman–Crippen MR) is 59.0 cm³/mol. The van der Waals surface area contributed by atoms with Crippen LogP contribution >= 0.6 is 23.2 Å². The number of ether oxygens (including phenoxy) is 1. The van der Waals surface area contributed by atoms with Gasteiger partial charge in [-0.25, -0.2) is 0 Å². The molecule has 0 spiro atoms. The molecular formula is C11H8Cl2F3O. The summed E-state index contributed by atoms with van der Waals surface area (Å²) in [4.78, 5) is 0. The van der Waals surface area contributed by atoms with E-state index in [0.717, 1.165) is 12.5 Å². The molecule has 1 nitrogen and oxygen atoms in total. The first-order valence-electron chi connectivity index (χ1n) is 4.95. The summed E-state index contributed by atoms with van der Waals surface area (Å²) in [6.07, 6.45) is -2.56. The molecule has 1 aromatic carbocycles. The highest BCUT2D eigenvalue weighted by Gasteiger charge is 2.35. The summed E-state index contributed by atoms with van der Waals surface area (Å²) < 4.78 is 43.4. The van der Waals surface area contributed by atoms with Gasteiger partial charge in [0, 0.05) is 6.61 Å². The zero-order chi connectivity index (χ0) is 12.6. The summed E-state index contributed by atoms with van der Waals surface area (Å²) in [7, 11) is 0. The van der Waals surface area contributed by atoms with E-state index < -0.39 is 16.8 Å². The van der Waals surface area contributed by atoms with Crippen LogP contribution in [0.25, 0.3) is 0 Å². The van der Waals surface area contributed by atoms with Crippen molar-refractivity contribution in [1.29, 1.82) is 0 Å². The van der Waals surface area contributed by atoms with Crippen LogP contribution in [-0.4, -0.2) is 6.61 Å². The number of rotatable bonds is 1. The van der Waals surface area contributed by atoms with Crippen molar-refractivity contribution in [3.63, 3.8) is 0 Å². The van der Waals surface area contributed by atoms with Crippen molar-refractivity contribution in [2.75, 3.05) is 6.61 Å². The summed E-state index contributed by atoms with van der Waals surface area (Å²) in [5.74, 6) is 0. The van der Waals surface area contributed by atoms with Crippen LogP contribution in [-0.2, 0) is 10.9 Å². The average Bonchev–Trinajstić information content (AvgIpc) is 2.73. The van der Waals surface area contributed by atoms with E-state index in [9.17, 15) is 13.2 Å². The Morgan fingerprint density at radius 2 is 1.88 bits per heavy atom. The molecule has 93 valence electrons. The molecular weight excluding hydrogens is 276 g/mol. The van der Waals surface area contributed by atoms with Gasteiger partial charge < -0.3 is 4.74 Å². The van der Waals surface area contributed by atoms with Gasteiger partial charge in [-0.2, -0.15) is 13.2 Å². The molecule has 1 fully saturated rings. The predicted octanol–water partition coefficient (Wildman–Crippen LogP) is 4.70. The molecule has 1 heterocycles. The standard InChI is InChI=1S/C11H8Cl2F3O/c12-8-5-6(9-2-1-3-17-9)4-7(10(8)13)11(14,15)16/h4-5H,1-3H2. The summed E-state index contributed by atoms with van der Waals surface area (Å²) in [6, 6.07) is 2.38. The first kappa shape index (κ1) is 13.0. The van der Waals surface area contributed by atoms with Crippen molar-refractivity contribution in [2.45, 2.75) is 19.0 Å². The van der Waals surface area contributed by atoms with Crippen LogP contribution in [0.2, 0.25) is 10.0 Å². The zero-order valence-corrected chi connectivity index (χ0v) is 10.1. The zero-order valence-electron chi connectivity index (χ0n) is 8.57. The fourth-order valence-electron chi connectivity index (χ4n) is 1.68. The number of hydrogen-bond acceptors (Lipinski definition) is 1. The maximum atomic E-state index is 12.7. The summed E-state index contributed by atoms with van der Waals surface area (Å²) in [5.41, 5.74) is -0.575. The highest BCUT2D eigenvalue weighted by Crippen LogP contribution is 2.41. The molecule has 1 radical (unpaired) electrons. The van der Waals surface area contributed by atoms with E-state index in [1.807, 2.05) is 0 Å². The Balaban J connectivity index is 2.45. The minimum absolute atomic E-state index is 0.112. The van der Waals surface area contributed by atoms with E-state index in [1.165, 1.54) is 6.07 Å². The maximum Gasteiger partial charge on any atom is 0.417 e. The summed E-state index contributed by atoms with van der Waals surface area (Å²) >= 11 is 11.3. The molecule has 0 bridgehead atoms. The fourth-order valence-corrected chi connectivity index (χ4v) is 2.12. The summed E-state index contributed by atoms with van der Waals surface area (Å²) in [5, 5.41) is -0.582. The lowest BCUT2D eigenvalue weighted by Gasteiger charge is -2.15. The second kappa shape index (κ2) is 4.67. The number of benzene rings is 1. The van der Waals surface area contributed by atoms with Gasteiger partial charge in [0.15, 0.2) is 0 Å². The third kappa shape index (κ3) is 2.69. The van der Waals surface area contributed by atoms with Gasteiger partial charge in [-0.05, 0) is 30.5 Å². The van der Waals surface area contributed by atoms with Gasteiger partial charge >= 0.3 is 6.18 Å². The van der Waals surface area contributed by atoms with Gasteiger partial charge in [0.25, 0.3) is 0 Å². The van der Waals surface area contributed by atoms with E-state index in [0.29, 0.717) is 24.7 Å². The quantitative estimate of drug-likeness (QED) is 0.726. The molecule has 6 heteroatoms. The largest absolute Gasteiger partial charge is 0.417 e. The van der Waals surface area contributed by atoms with Crippen molar-refractivity contribution in [1.82, 2.24) is 0 Å². The molecule has 2 rings (SSSR count). The monoisotopic (exact) mass is 283 g/mol. The Morgan fingerprint density at radius 3 is 2.41 bits per heavy atom. The second-order valence-corrected chi connectivity index (χ2v) is 4.48. The Bertz CT molecular complexity index is 425. The average molecular weight is 284 g/mol. The SMILES string of the molecule is FC(F)(F)c1cc([C]2CCCO2)cc(Cl)c1Cl. The highest BCUT2D eigenvalue weighted by molar-refractivity contribution is 6.42. The lowest BCUT2D eigenvalue weighted by molar-refractivity contribution is -0.137. The van der Waals surface area contributed by atoms with Gasteiger partial charge in [0.2, 0.25) is 0 Å². The summed E-state index contributed by atoms with van der Waals surface area (Å²) in [6.45, 7) is 0.525. The number of hydrogen-bond donors (Lipinski definition) is 0. The van der Waals surface area contributed by atoms with Crippen molar-refractivity contribution >= 4 is 23.2 Å². The van der Waals surface area contributed by atoms with Crippen LogP contribution in [0.3, 0.4) is 0 Å². The molecule has 0 N–H and O–H groups in total. The minimum Gasteiger partial charge on any atom is -0.367 e. The molecule has 0 amide bonds. The van der Waals surface area contributed by atoms with Crippen LogP contribution in [0.15, 0.2) is 12.1 Å². The topological polar surface area (TPSA) is 9.23 Å². The lowest BCUT2D eigenvalue weighted by Crippen LogP contribution is -2.08. The minimum atomic E-state index is -4.52. The number of alkyl halides is 3. The molecule has 1 saturated heterocycles. The van der Waals surface area contributed by atoms with Gasteiger partial charge in [-0.3, -0.25) is 0 Å².